The van der Waals surface area contributed by atoms with Gasteiger partial charge in [-0.05, 0) is 17.8 Å². The smallest absolute Gasteiger partial charge is 0.131 e. The Labute approximate surface area is 86.9 Å². The van der Waals surface area contributed by atoms with Gasteiger partial charge in [0.25, 0.3) is 0 Å². The molecule has 0 aliphatic heterocycles. The molecule has 1 aliphatic rings. The maximum atomic E-state index is 11.0. The van der Waals surface area contributed by atoms with Crippen molar-refractivity contribution in [1.29, 1.82) is 0 Å². The molecule has 1 atom stereocenters. The first-order chi connectivity index (χ1) is 6.37. The van der Waals surface area contributed by atoms with Crippen LogP contribution in [-0.2, 0) is 4.79 Å². The minimum absolute atomic E-state index is 0.0389. The summed E-state index contributed by atoms with van der Waals surface area (Å²) in [5.74, 6) is 0.393. The Kier molecular flexibility index (Phi) is 2.98. The van der Waals surface area contributed by atoms with Crippen LogP contribution in [0.1, 0.15) is 34.1 Å². The van der Waals surface area contributed by atoms with Crippen molar-refractivity contribution in [2.45, 2.75) is 34.1 Å². The van der Waals surface area contributed by atoms with Crippen LogP contribution in [0.4, 0.5) is 0 Å². The highest BCUT2D eigenvalue weighted by Crippen LogP contribution is 2.41. The molecule has 0 heterocycles. The number of hydrogen-bond acceptors (Lipinski definition) is 1. The summed E-state index contributed by atoms with van der Waals surface area (Å²) in [7, 11) is 0. The third-order valence-corrected chi connectivity index (χ3v) is 2.84. The Balaban J connectivity index is 3.11. The van der Waals surface area contributed by atoms with Gasteiger partial charge in [-0.1, -0.05) is 51.5 Å². The summed E-state index contributed by atoms with van der Waals surface area (Å²) < 4.78 is 0. The van der Waals surface area contributed by atoms with Crippen LogP contribution in [0.5, 0.6) is 0 Å². The summed E-state index contributed by atoms with van der Waals surface area (Å²) >= 11 is 0. The monoisotopic (exact) mass is 192 g/mol. The van der Waals surface area contributed by atoms with Crippen LogP contribution in [0, 0.1) is 17.3 Å². The number of carbonyl (C=O) groups excluding carboxylic acids is 1. The van der Waals surface area contributed by atoms with Gasteiger partial charge in [-0.2, -0.15) is 0 Å². The fraction of sp³-hybridized carbons (Fsp3) is 0.615. The van der Waals surface area contributed by atoms with Gasteiger partial charge in [0.15, 0.2) is 0 Å². The standard InChI is InChI=1S/C13H20O/c1-9(2)11-7-13(4,5)6-10(3)12(11)8-14/h7-9,12H,3,6H2,1-2,4-5H3. The van der Waals surface area contributed by atoms with Crippen molar-refractivity contribution >= 4 is 6.29 Å². The van der Waals surface area contributed by atoms with Crippen LogP contribution in [0.15, 0.2) is 23.8 Å². The fourth-order valence-electron chi connectivity index (χ4n) is 2.22. The number of aldehydes is 1. The summed E-state index contributed by atoms with van der Waals surface area (Å²) in [6.45, 7) is 12.7. The Morgan fingerprint density at radius 2 is 2.14 bits per heavy atom. The largest absolute Gasteiger partial charge is 0.302 e. The SMILES string of the molecule is C=C1CC(C)(C)C=C(C(C)C)C1C=O. The maximum absolute atomic E-state index is 11.0. The van der Waals surface area contributed by atoms with E-state index < -0.39 is 0 Å². The van der Waals surface area contributed by atoms with Crippen molar-refractivity contribution < 1.29 is 4.79 Å². The van der Waals surface area contributed by atoms with Crippen LogP contribution in [0.2, 0.25) is 0 Å². The highest BCUT2D eigenvalue weighted by molar-refractivity contribution is 5.65. The lowest BCUT2D eigenvalue weighted by molar-refractivity contribution is -0.109. The predicted octanol–water partition coefficient (Wildman–Crippen LogP) is 3.37. The molecule has 0 aromatic rings. The summed E-state index contributed by atoms with van der Waals surface area (Å²) in [5.41, 5.74) is 2.47. The maximum Gasteiger partial charge on any atom is 0.131 e. The zero-order chi connectivity index (χ0) is 10.9. The fourth-order valence-corrected chi connectivity index (χ4v) is 2.22. The molecule has 0 N–H and O–H groups in total. The van der Waals surface area contributed by atoms with Gasteiger partial charge in [-0.25, -0.2) is 0 Å². The van der Waals surface area contributed by atoms with Gasteiger partial charge < -0.3 is 4.79 Å². The summed E-state index contributed by atoms with van der Waals surface area (Å²) in [6, 6.07) is 0. The molecule has 1 rings (SSSR count). The third-order valence-electron chi connectivity index (χ3n) is 2.84. The molecule has 1 unspecified atom stereocenters. The molecule has 1 nitrogen and oxygen atoms in total. The van der Waals surface area contributed by atoms with Crippen molar-refractivity contribution in [2.24, 2.45) is 17.3 Å². The van der Waals surface area contributed by atoms with E-state index in [4.69, 9.17) is 0 Å². The van der Waals surface area contributed by atoms with E-state index in [1.165, 1.54) is 5.57 Å². The second kappa shape index (κ2) is 3.72. The Morgan fingerprint density at radius 3 is 2.57 bits per heavy atom. The number of carbonyl (C=O) groups is 1. The number of rotatable bonds is 2. The second-order valence-electron chi connectivity index (χ2n) is 5.24. The van der Waals surface area contributed by atoms with Gasteiger partial charge in [-0.15, -0.1) is 0 Å². The van der Waals surface area contributed by atoms with E-state index in [-0.39, 0.29) is 11.3 Å². The van der Waals surface area contributed by atoms with E-state index in [9.17, 15) is 4.79 Å². The van der Waals surface area contributed by atoms with E-state index in [1.54, 1.807) is 0 Å². The van der Waals surface area contributed by atoms with E-state index in [1.807, 2.05) is 0 Å². The predicted molar refractivity (Wildman–Crippen MR) is 60.0 cm³/mol. The molecule has 0 bridgehead atoms. The van der Waals surface area contributed by atoms with E-state index >= 15 is 0 Å². The lowest BCUT2D eigenvalue weighted by atomic mass is 9.70. The van der Waals surface area contributed by atoms with Crippen LogP contribution in [0.3, 0.4) is 0 Å². The van der Waals surface area contributed by atoms with Crippen LogP contribution >= 0.6 is 0 Å². The summed E-state index contributed by atoms with van der Waals surface area (Å²) in [4.78, 5) is 11.0. The first kappa shape index (κ1) is 11.2. The minimum atomic E-state index is -0.0389. The topological polar surface area (TPSA) is 17.1 Å². The Hall–Kier alpha value is -0.850. The van der Waals surface area contributed by atoms with Gasteiger partial charge in [0.2, 0.25) is 0 Å². The van der Waals surface area contributed by atoms with Gasteiger partial charge >= 0.3 is 0 Å². The quantitative estimate of drug-likeness (QED) is 0.484. The molecule has 78 valence electrons. The molecular weight excluding hydrogens is 172 g/mol. The normalized spacial score (nSPS) is 26.2. The van der Waals surface area contributed by atoms with Crippen LogP contribution in [-0.4, -0.2) is 6.29 Å². The molecule has 0 saturated heterocycles. The molecule has 0 aromatic heterocycles. The van der Waals surface area contributed by atoms with E-state index in [0.29, 0.717) is 5.92 Å². The molecule has 14 heavy (non-hydrogen) atoms. The lowest BCUT2D eigenvalue weighted by Crippen LogP contribution is -2.25. The molecule has 0 spiro atoms. The van der Waals surface area contributed by atoms with Crippen LogP contribution < -0.4 is 0 Å². The Bertz CT molecular complexity index is 282. The van der Waals surface area contributed by atoms with Crippen LogP contribution in [0.25, 0.3) is 0 Å². The van der Waals surface area contributed by atoms with E-state index in [0.717, 1.165) is 18.3 Å². The van der Waals surface area contributed by atoms with E-state index in [2.05, 4.69) is 40.3 Å². The van der Waals surface area contributed by atoms with Crippen molar-refractivity contribution in [3.8, 4) is 0 Å². The average molecular weight is 192 g/mol. The highest BCUT2D eigenvalue weighted by Gasteiger charge is 2.30. The highest BCUT2D eigenvalue weighted by atomic mass is 16.1. The van der Waals surface area contributed by atoms with Crippen molar-refractivity contribution in [3.63, 3.8) is 0 Å². The first-order valence-electron chi connectivity index (χ1n) is 5.23. The zero-order valence-corrected chi connectivity index (χ0v) is 9.63. The molecular formula is C13H20O. The zero-order valence-electron chi connectivity index (χ0n) is 9.63. The van der Waals surface area contributed by atoms with Crippen molar-refractivity contribution in [2.75, 3.05) is 0 Å². The Morgan fingerprint density at radius 1 is 1.57 bits per heavy atom. The minimum Gasteiger partial charge on any atom is -0.302 e. The first-order valence-corrected chi connectivity index (χ1v) is 5.23. The van der Waals surface area contributed by atoms with Gasteiger partial charge in [0.1, 0.15) is 6.29 Å². The molecule has 0 aromatic carbocycles. The second-order valence-corrected chi connectivity index (χ2v) is 5.24. The summed E-state index contributed by atoms with van der Waals surface area (Å²) in [6.07, 6.45) is 4.21. The molecule has 0 fully saturated rings. The number of allylic oxidation sites excluding steroid dienone is 3. The average Bonchev–Trinajstić information content (AvgIpc) is 2.01. The third kappa shape index (κ3) is 2.14. The lowest BCUT2D eigenvalue weighted by Gasteiger charge is -2.34. The molecule has 0 saturated carbocycles. The van der Waals surface area contributed by atoms with Gasteiger partial charge in [0.05, 0.1) is 5.92 Å². The van der Waals surface area contributed by atoms with Gasteiger partial charge in [-0.3, -0.25) is 0 Å². The molecule has 1 heteroatoms. The van der Waals surface area contributed by atoms with Gasteiger partial charge in [0, 0.05) is 0 Å². The van der Waals surface area contributed by atoms with Crippen molar-refractivity contribution in [3.05, 3.63) is 23.8 Å². The molecule has 1 aliphatic carbocycles. The molecule has 0 radical (unpaired) electrons. The van der Waals surface area contributed by atoms with Crippen molar-refractivity contribution in [1.82, 2.24) is 0 Å². The summed E-state index contributed by atoms with van der Waals surface area (Å²) in [5, 5.41) is 0. The number of hydrogen-bond donors (Lipinski definition) is 0. The molecule has 0 amide bonds.